The molecule has 0 aromatic rings. The number of hydrogen-bond acceptors (Lipinski definition) is 1. The number of nitrogens with zero attached hydrogens (tertiary/aromatic N) is 1. The van der Waals surface area contributed by atoms with Gasteiger partial charge in [0.1, 0.15) is 0 Å². The van der Waals surface area contributed by atoms with Crippen LogP contribution in [0.3, 0.4) is 0 Å². The van der Waals surface area contributed by atoms with Gasteiger partial charge in [-0.1, -0.05) is 60.8 Å². The highest BCUT2D eigenvalue weighted by molar-refractivity contribution is 7.13. The maximum atomic E-state index is 2.88. The van der Waals surface area contributed by atoms with E-state index in [-0.39, 0.29) is 0 Å². The molecule has 0 N–H and O–H groups in total. The van der Waals surface area contributed by atoms with E-state index >= 15 is 0 Å². The van der Waals surface area contributed by atoms with Crippen molar-refractivity contribution in [1.29, 1.82) is 0 Å². The first-order valence-electron chi connectivity index (χ1n) is 6.39. The highest BCUT2D eigenvalue weighted by Crippen LogP contribution is 2.14. The maximum Gasteiger partial charge on any atom is 0.00161 e. The van der Waals surface area contributed by atoms with Crippen molar-refractivity contribution >= 4 is 9.39 Å². The molecule has 1 aliphatic rings. The fourth-order valence-corrected chi connectivity index (χ4v) is 2.52. The van der Waals surface area contributed by atoms with E-state index in [1.165, 1.54) is 77.3 Å². The highest BCUT2D eigenvalue weighted by atomic mass is 31.0. The van der Waals surface area contributed by atoms with Crippen molar-refractivity contribution in [3.05, 3.63) is 0 Å². The van der Waals surface area contributed by atoms with Gasteiger partial charge in [0.25, 0.3) is 0 Å². The van der Waals surface area contributed by atoms with Crippen LogP contribution in [0.5, 0.6) is 0 Å². The quantitative estimate of drug-likeness (QED) is 0.552. The second kappa shape index (κ2) is 8.68. The Kier molecular flexibility index (Phi) is 7.72. The van der Waals surface area contributed by atoms with Crippen LogP contribution in [0, 0.1) is 0 Å². The molecular formula is C12H26NP. The van der Waals surface area contributed by atoms with Gasteiger partial charge in [-0.05, 0) is 12.8 Å². The van der Waals surface area contributed by atoms with Crippen molar-refractivity contribution in [3.63, 3.8) is 0 Å². The number of hydrogen-bond donors (Lipinski definition) is 0. The van der Waals surface area contributed by atoms with Crippen LogP contribution in [-0.2, 0) is 0 Å². The molecule has 0 spiro atoms. The van der Waals surface area contributed by atoms with Gasteiger partial charge in [0.2, 0.25) is 0 Å². The summed E-state index contributed by atoms with van der Waals surface area (Å²) in [5.41, 5.74) is 0. The van der Waals surface area contributed by atoms with Crippen molar-refractivity contribution in [3.8, 4) is 0 Å². The maximum absolute atomic E-state index is 2.88. The summed E-state index contributed by atoms with van der Waals surface area (Å²) in [5, 5.41) is 0. The molecular weight excluding hydrogens is 189 g/mol. The Morgan fingerprint density at radius 3 is 1.14 bits per heavy atom. The molecule has 0 saturated carbocycles. The van der Waals surface area contributed by atoms with Gasteiger partial charge in [-0.15, -0.1) is 0 Å². The van der Waals surface area contributed by atoms with E-state index in [1.54, 1.807) is 0 Å². The van der Waals surface area contributed by atoms with Gasteiger partial charge in [0.05, 0.1) is 0 Å². The standard InChI is InChI=1S/C12H26NP/c14-13-11-9-7-5-3-1-2-4-6-8-10-12-13/h1-12,14H2. The fraction of sp³-hybridized carbons (Fsp3) is 1.00. The molecule has 1 aliphatic heterocycles. The predicted molar refractivity (Wildman–Crippen MR) is 67.5 cm³/mol. The Morgan fingerprint density at radius 2 is 0.786 bits per heavy atom. The molecule has 1 unspecified atom stereocenters. The molecule has 1 fully saturated rings. The van der Waals surface area contributed by atoms with Crippen molar-refractivity contribution in [2.75, 3.05) is 13.1 Å². The summed E-state index contributed by atoms with van der Waals surface area (Å²) >= 11 is 0. The summed E-state index contributed by atoms with van der Waals surface area (Å²) in [5.74, 6) is 0. The largest absolute Gasteiger partial charge is 0.287 e. The topological polar surface area (TPSA) is 3.24 Å². The molecule has 1 nitrogen and oxygen atoms in total. The van der Waals surface area contributed by atoms with E-state index in [0.717, 1.165) is 0 Å². The molecule has 0 bridgehead atoms. The van der Waals surface area contributed by atoms with Crippen LogP contribution in [0.2, 0.25) is 0 Å². The first-order chi connectivity index (χ1) is 6.89. The van der Waals surface area contributed by atoms with Crippen LogP contribution in [0.4, 0.5) is 0 Å². The van der Waals surface area contributed by atoms with Gasteiger partial charge in [0, 0.05) is 13.1 Å². The zero-order valence-corrected chi connectivity index (χ0v) is 10.7. The zero-order chi connectivity index (χ0) is 10.1. The van der Waals surface area contributed by atoms with Crippen LogP contribution in [-0.4, -0.2) is 17.8 Å². The minimum absolute atomic E-state index is 1.28. The molecule has 2 heteroatoms. The lowest BCUT2D eigenvalue weighted by atomic mass is 10.1. The van der Waals surface area contributed by atoms with Gasteiger partial charge in [-0.25, -0.2) is 0 Å². The molecule has 1 heterocycles. The Hall–Kier alpha value is 0.390. The first-order valence-corrected chi connectivity index (χ1v) is 6.91. The SMILES string of the molecule is PN1CCCCCCCCCCCC1. The third-order valence-corrected chi connectivity index (χ3v) is 3.66. The lowest BCUT2D eigenvalue weighted by molar-refractivity contribution is 0.429. The average Bonchev–Trinajstić information content (AvgIpc) is 2.20. The Labute approximate surface area is 91.9 Å². The van der Waals surface area contributed by atoms with E-state index < -0.39 is 0 Å². The number of rotatable bonds is 0. The first kappa shape index (κ1) is 12.5. The highest BCUT2D eigenvalue weighted by Gasteiger charge is 2.00. The fourth-order valence-electron chi connectivity index (χ4n) is 2.16. The van der Waals surface area contributed by atoms with Crippen LogP contribution in [0.1, 0.15) is 64.2 Å². The minimum atomic E-state index is 1.28. The molecule has 84 valence electrons. The van der Waals surface area contributed by atoms with Crippen LogP contribution in [0.25, 0.3) is 0 Å². The zero-order valence-electron chi connectivity index (χ0n) is 9.51. The van der Waals surface area contributed by atoms with Gasteiger partial charge in [-0.3, -0.25) is 4.67 Å². The van der Waals surface area contributed by atoms with Crippen LogP contribution >= 0.6 is 9.39 Å². The Bertz CT molecular complexity index is 113. The van der Waals surface area contributed by atoms with Crippen LogP contribution in [0.15, 0.2) is 0 Å². The second-order valence-corrected chi connectivity index (χ2v) is 5.30. The molecule has 0 aromatic heterocycles. The molecule has 0 radical (unpaired) electrons. The average molecular weight is 215 g/mol. The van der Waals surface area contributed by atoms with Crippen molar-refractivity contribution < 1.29 is 0 Å². The van der Waals surface area contributed by atoms with E-state index in [1.807, 2.05) is 0 Å². The van der Waals surface area contributed by atoms with E-state index in [2.05, 4.69) is 14.1 Å². The third-order valence-electron chi connectivity index (χ3n) is 3.14. The summed E-state index contributed by atoms with van der Waals surface area (Å²) in [7, 11) is 2.88. The van der Waals surface area contributed by atoms with E-state index in [0.29, 0.717) is 0 Å². The monoisotopic (exact) mass is 215 g/mol. The minimum Gasteiger partial charge on any atom is -0.287 e. The van der Waals surface area contributed by atoms with Gasteiger partial charge >= 0.3 is 0 Å². The summed E-state index contributed by atoms with van der Waals surface area (Å²) in [6.07, 6.45) is 14.5. The van der Waals surface area contributed by atoms with Crippen molar-refractivity contribution in [1.82, 2.24) is 4.67 Å². The lowest BCUT2D eigenvalue weighted by Crippen LogP contribution is -2.14. The van der Waals surface area contributed by atoms with E-state index in [4.69, 9.17) is 0 Å². The molecule has 1 atom stereocenters. The van der Waals surface area contributed by atoms with Crippen LogP contribution < -0.4 is 0 Å². The molecule has 0 aliphatic carbocycles. The third kappa shape index (κ3) is 6.79. The second-order valence-electron chi connectivity index (χ2n) is 4.57. The molecule has 0 amide bonds. The summed E-state index contributed by atoms with van der Waals surface area (Å²) in [6, 6.07) is 0. The smallest absolute Gasteiger partial charge is 0.00161 e. The summed E-state index contributed by atoms with van der Waals surface area (Å²) < 4.78 is 2.43. The molecule has 14 heavy (non-hydrogen) atoms. The lowest BCUT2D eigenvalue weighted by Gasteiger charge is -2.15. The van der Waals surface area contributed by atoms with Gasteiger partial charge < -0.3 is 0 Å². The van der Waals surface area contributed by atoms with Gasteiger partial charge in [0.15, 0.2) is 0 Å². The molecule has 1 saturated heterocycles. The Balaban J connectivity index is 2.12. The van der Waals surface area contributed by atoms with Crippen molar-refractivity contribution in [2.24, 2.45) is 0 Å². The molecule has 1 rings (SSSR count). The normalized spacial score (nSPS) is 24.6. The summed E-state index contributed by atoms with van der Waals surface area (Å²) in [4.78, 5) is 0. The van der Waals surface area contributed by atoms with E-state index in [9.17, 15) is 0 Å². The predicted octanol–water partition coefficient (Wildman–Crippen LogP) is 3.99. The molecule has 0 aromatic carbocycles. The Morgan fingerprint density at radius 1 is 0.500 bits per heavy atom. The summed E-state index contributed by atoms with van der Waals surface area (Å²) in [6.45, 7) is 2.56. The van der Waals surface area contributed by atoms with Crippen molar-refractivity contribution in [2.45, 2.75) is 64.2 Å². The van der Waals surface area contributed by atoms with Gasteiger partial charge in [-0.2, -0.15) is 0 Å².